The molecular weight excluding hydrogens is 340 g/mol. The van der Waals surface area contributed by atoms with E-state index in [2.05, 4.69) is 5.32 Å². The van der Waals surface area contributed by atoms with Crippen LogP contribution in [0.15, 0.2) is 52.9 Å². The molecule has 0 fully saturated rings. The molecule has 0 saturated heterocycles. The van der Waals surface area contributed by atoms with Gasteiger partial charge in [-0.2, -0.15) is 0 Å². The molecule has 1 amide bonds. The van der Waals surface area contributed by atoms with Gasteiger partial charge in [-0.05, 0) is 19.1 Å². The van der Waals surface area contributed by atoms with Crippen molar-refractivity contribution >= 4 is 34.2 Å². The first-order valence-corrected chi connectivity index (χ1v) is 7.66. The van der Waals surface area contributed by atoms with Crippen molar-refractivity contribution in [1.29, 1.82) is 0 Å². The van der Waals surface area contributed by atoms with E-state index in [1.165, 1.54) is 18.2 Å². The third-order valence-corrected chi connectivity index (χ3v) is 3.74. The van der Waals surface area contributed by atoms with Crippen LogP contribution in [0.1, 0.15) is 16.1 Å². The van der Waals surface area contributed by atoms with Crippen LogP contribution in [-0.2, 0) is 9.53 Å². The van der Waals surface area contributed by atoms with Crippen LogP contribution < -0.4 is 5.32 Å². The molecule has 0 bridgehead atoms. The second kappa shape index (κ2) is 7.06. The summed E-state index contributed by atoms with van der Waals surface area (Å²) in [6.07, 6.45) is 0. The molecule has 132 valence electrons. The standard InChI is InChI=1S/C18H14N2O6/c1-11-12-6-2-5-9-15(12)26-17(11)18(22)25-10-16(21)19-13-7-3-4-8-14(13)20(23)24/h2-9H,10H2,1H3,(H,19,21). The molecule has 0 atom stereocenters. The van der Waals surface area contributed by atoms with Crippen LogP contribution in [0, 0.1) is 17.0 Å². The lowest BCUT2D eigenvalue weighted by molar-refractivity contribution is -0.383. The lowest BCUT2D eigenvalue weighted by Crippen LogP contribution is -2.21. The van der Waals surface area contributed by atoms with Crippen LogP contribution in [-0.4, -0.2) is 23.4 Å². The number of amides is 1. The van der Waals surface area contributed by atoms with Gasteiger partial charge >= 0.3 is 5.97 Å². The van der Waals surface area contributed by atoms with E-state index in [1.54, 1.807) is 25.1 Å². The molecule has 8 heteroatoms. The quantitative estimate of drug-likeness (QED) is 0.427. The highest BCUT2D eigenvalue weighted by Crippen LogP contribution is 2.26. The molecule has 0 aliphatic rings. The molecule has 3 aromatic rings. The number of benzene rings is 2. The van der Waals surface area contributed by atoms with E-state index in [0.717, 1.165) is 5.39 Å². The number of fused-ring (bicyclic) bond motifs is 1. The Bertz CT molecular complexity index is 1010. The summed E-state index contributed by atoms with van der Waals surface area (Å²) in [4.78, 5) is 34.4. The van der Waals surface area contributed by atoms with E-state index in [1.807, 2.05) is 12.1 Å². The minimum atomic E-state index is -0.781. The maximum absolute atomic E-state index is 12.2. The summed E-state index contributed by atoms with van der Waals surface area (Å²) in [6, 6.07) is 12.8. The molecule has 1 aromatic heterocycles. The van der Waals surface area contributed by atoms with E-state index in [0.29, 0.717) is 11.1 Å². The number of ether oxygens (including phenoxy) is 1. The van der Waals surface area contributed by atoms with Crippen LogP contribution >= 0.6 is 0 Å². The fourth-order valence-corrected chi connectivity index (χ4v) is 2.49. The zero-order chi connectivity index (χ0) is 18.7. The Hall–Kier alpha value is -3.68. The van der Waals surface area contributed by atoms with Gasteiger partial charge in [0.25, 0.3) is 11.6 Å². The topological polar surface area (TPSA) is 112 Å². The molecule has 26 heavy (non-hydrogen) atoms. The highest BCUT2D eigenvalue weighted by Gasteiger charge is 2.21. The van der Waals surface area contributed by atoms with Crippen molar-refractivity contribution < 1.29 is 23.7 Å². The number of nitrogens with zero attached hydrogens (tertiary/aromatic N) is 1. The van der Waals surface area contributed by atoms with Crippen molar-refractivity contribution in [2.45, 2.75) is 6.92 Å². The first-order chi connectivity index (χ1) is 12.5. The van der Waals surface area contributed by atoms with E-state index < -0.39 is 23.4 Å². The molecular formula is C18H14N2O6. The number of nitrogens with one attached hydrogen (secondary N) is 1. The normalized spacial score (nSPS) is 10.5. The fraction of sp³-hybridized carbons (Fsp3) is 0.111. The average Bonchev–Trinajstić information content (AvgIpc) is 2.97. The highest BCUT2D eigenvalue weighted by molar-refractivity contribution is 5.98. The van der Waals surface area contributed by atoms with Gasteiger partial charge in [0, 0.05) is 17.0 Å². The Morgan fingerprint density at radius 1 is 1.15 bits per heavy atom. The largest absolute Gasteiger partial charge is 0.450 e. The van der Waals surface area contributed by atoms with Gasteiger partial charge in [-0.15, -0.1) is 0 Å². The molecule has 0 unspecified atom stereocenters. The summed E-state index contributed by atoms with van der Waals surface area (Å²) in [7, 11) is 0. The van der Waals surface area contributed by atoms with Gasteiger partial charge in [-0.3, -0.25) is 14.9 Å². The van der Waals surface area contributed by atoms with Gasteiger partial charge in [0.15, 0.2) is 6.61 Å². The van der Waals surface area contributed by atoms with Crippen molar-refractivity contribution in [2.75, 3.05) is 11.9 Å². The SMILES string of the molecule is Cc1c(C(=O)OCC(=O)Nc2ccccc2[N+](=O)[O-])oc2ccccc12. The third-order valence-electron chi connectivity index (χ3n) is 3.74. The number of esters is 1. The lowest BCUT2D eigenvalue weighted by atomic mass is 10.1. The van der Waals surface area contributed by atoms with E-state index in [4.69, 9.17) is 9.15 Å². The van der Waals surface area contributed by atoms with Crippen molar-refractivity contribution in [3.05, 3.63) is 70.0 Å². The predicted molar refractivity (Wildman–Crippen MR) is 93.0 cm³/mol. The van der Waals surface area contributed by atoms with E-state index >= 15 is 0 Å². The summed E-state index contributed by atoms with van der Waals surface area (Å²) >= 11 is 0. The number of para-hydroxylation sites is 3. The molecule has 0 spiro atoms. The van der Waals surface area contributed by atoms with Gasteiger partial charge in [0.2, 0.25) is 5.76 Å². The van der Waals surface area contributed by atoms with Crippen LogP contribution in [0.2, 0.25) is 0 Å². The number of carbonyl (C=O) groups excluding carboxylic acids is 2. The Balaban J connectivity index is 1.67. The minimum Gasteiger partial charge on any atom is -0.450 e. The second-order valence-electron chi connectivity index (χ2n) is 5.45. The van der Waals surface area contributed by atoms with Crippen LogP contribution in [0.5, 0.6) is 0 Å². The molecule has 0 aliphatic heterocycles. The summed E-state index contributed by atoms with van der Waals surface area (Å²) in [5, 5.41) is 14.1. The Kier molecular flexibility index (Phi) is 4.66. The minimum absolute atomic E-state index is 0.0182. The number of hydrogen-bond donors (Lipinski definition) is 1. The Labute approximate surface area is 147 Å². The molecule has 2 aromatic carbocycles. The average molecular weight is 354 g/mol. The summed E-state index contributed by atoms with van der Waals surface area (Å²) in [5.74, 6) is -1.46. The maximum Gasteiger partial charge on any atom is 0.375 e. The van der Waals surface area contributed by atoms with Crippen molar-refractivity contribution in [3.8, 4) is 0 Å². The Morgan fingerprint density at radius 3 is 2.58 bits per heavy atom. The van der Waals surface area contributed by atoms with Gasteiger partial charge < -0.3 is 14.5 Å². The number of rotatable bonds is 5. The number of aryl methyl sites for hydroxylation is 1. The van der Waals surface area contributed by atoms with Gasteiger partial charge in [0.05, 0.1) is 4.92 Å². The smallest absolute Gasteiger partial charge is 0.375 e. The number of nitro benzene ring substituents is 1. The number of anilines is 1. The van der Waals surface area contributed by atoms with Gasteiger partial charge in [-0.1, -0.05) is 30.3 Å². The lowest BCUT2D eigenvalue weighted by Gasteiger charge is -2.06. The zero-order valence-electron chi connectivity index (χ0n) is 13.7. The molecule has 1 N–H and O–H groups in total. The van der Waals surface area contributed by atoms with Crippen molar-refractivity contribution in [2.24, 2.45) is 0 Å². The Morgan fingerprint density at radius 2 is 1.85 bits per heavy atom. The fourth-order valence-electron chi connectivity index (χ4n) is 2.49. The molecule has 8 nitrogen and oxygen atoms in total. The van der Waals surface area contributed by atoms with E-state index in [-0.39, 0.29) is 17.1 Å². The van der Waals surface area contributed by atoms with Gasteiger partial charge in [0.1, 0.15) is 11.3 Å². The van der Waals surface area contributed by atoms with Crippen LogP contribution in [0.3, 0.4) is 0 Å². The number of hydrogen-bond acceptors (Lipinski definition) is 6. The second-order valence-corrected chi connectivity index (χ2v) is 5.45. The summed E-state index contributed by atoms with van der Waals surface area (Å²) < 4.78 is 10.4. The predicted octanol–water partition coefficient (Wildman–Crippen LogP) is 3.44. The first-order valence-electron chi connectivity index (χ1n) is 7.66. The molecule has 0 saturated carbocycles. The molecule has 0 radical (unpaired) electrons. The van der Waals surface area contributed by atoms with Crippen molar-refractivity contribution in [1.82, 2.24) is 0 Å². The number of carbonyl (C=O) groups is 2. The summed E-state index contributed by atoms with van der Waals surface area (Å²) in [5.41, 5.74) is 0.935. The van der Waals surface area contributed by atoms with Gasteiger partial charge in [-0.25, -0.2) is 4.79 Å². The first kappa shape index (κ1) is 17.2. The van der Waals surface area contributed by atoms with Crippen LogP contribution in [0.25, 0.3) is 11.0 Å². The number of nitro groups is 1. The number of furan rings is 1. The molecule has 1 heterocycles. The highest BCUT2D eigenvalue weighted by atomic mass is 16.6. The van der Waals surface area contributed by atoms with E-state index in [9.17, 15) is 19.7 Å². The molecule has 0 aliphatic carbocycles. The third kappa shape index (κ3) is 3.39. The summed E-state index contributed by atoms with van der Waals surface area (Å²) in [6.45, 7) is 1.12. The van der Waals surface area contributed by atoms with Crippen molar-refractivity contribution in [3.63, 3.8) is 0 Å². The zero-order valence-corrected chi connectivity index (χ0v) is 13.7. The maximum atomic E-state index is 12.2. The molecule has 3 rings (SSSR count). The monoisotopic (exact) mass is 354 g/mol. The van der Waals surface area contributed by atoms with Crippen LogP contribution in [0.4, 0.5) is 11.4 Å².